The van der Waals surface area contributed by atoms with Crippen LogP contribution in [0.3, 0.4) is 0 Å². The van der Waals surface area contributed by atoms with Gasteiger partial charge in [-0.05, 0) is 30.5 Å². The second kappa shape index (κ2) is 4.40. The molecule has 0 aliphatic carbocycles. The van der Waals surface area contributed by atoms with Crippen LogP contribution in [0.25, 0.3) is 0 Å². The van der Waals surface area contributed by atoms with Gasteiger partial charge in [0.15, 0.2) is 0 Å². The van der Waals surface area contributed by atoms with Gasteiger partial charge in [-0.2, -0.15) is 0 Å². The number of nitrogens with two attached hydrogens (primary N) is 1. The summed E-state index contributed by atoms with van der Waals surface area (Å²) in [4.78, 5) is 4.65. The van der Waals surface area contributed by atoms with Gasteiger partial charge in [0.2, 0.25) is 0 Å². The van der Waals surface area contributed by atoms with Crippen LogP contribution in [-0.4, -0.2) is 6.61 Å². The Labute approximate surface area is 79.7 Å². The Kier molecular flexibility index (Phi) is 3.46. The molecular formula is C11H17NO. The molecule has 1 unspecified atom stereocenters. The van der Waals surface area contributed by atoms with Crippen molar-refractivity contribution in [3.63, 3.8) is 0 Å². The first-order valence-corrected chi connectivity index (χ1v) is 4.54. The van der Waals surface area contributed by atoms with Gasteiger partial charge in [0.05, 0.1) is 6.61 Å². The zero-order valence-corrected chi connectivity index (χ0v) is 8.50. The van der Waals surface area contributed by atoms with E-state index in [9.17, 15) is 0 Å². The summed E-state index contributed by atoms with van der Waals surface area (Å²) in [5.41, 5.74) is 3.99. The van der Waals surface area contributed by atoms with Crippen LogP contribution in [0, 0.1) is 13.8 Å². The lowest BCUT2D eigenvalue weighted by Gasteiger charge is -2.14. The lowest BCUT2D eigenvalue weighted by atomic mass is 9.94. The number of hydrogen-bond acceptors (Lipinski definition) is 2. The molecule has 13 heavy (non-hydrogen) atoms. The van der Waals surface area contributed by atoms with E-state index >= 15 is 0 Å². The van der Waals surface area contributed by atoms with E-state index < -0.39 is 0 Å². The molecule has 0 spiro atoms. The fourth-order valence-corrected chi connectivity index (χ4v) is 1.54. The molecule has 1 rings (SSSR count). The number of aryl methyl sites for hydroxylation is 1. The van der Waals surface area contributed by atoms with Gasteiger partial charge in [-0.25, -0.2) is 5.90 Å². The molecule has 2 heteroatoms. The molecule has 0 aromatic heterocycles. The lowest BCUT2D eigenvalue weighted by molar-refractivity contribution is 0.126. The number of rotatable bonds is 3. The summed E-state index contributed by atoms with van der Waals surface area (Å²) in [6.07, 6.45) is 0. The maximum absolute atomic E-state index is 5.05. The van der Waals surface area contributed by atoms with E-state index in [1.54, 1.807) is 0 Å². The summed E-state index contributed by atoms with van der Waals surface area (Å²) < 4.78 is 0. The van der Waals surface area contributed by atoms with E-state index in [-0.39, 0.29) is 0 Å². The zero-order valence-electron chi connectivity index (χ0n) is 8.50. The first kappa shape index (κ1) is 10.2. The highest BCUT2D eigenvalue weighted by Gasteiger charge is 2.08. The fraction of sp³-hybridized carbons (Fsp3) is 0.455. The lowest BCUT2D eigenvalue weighted by Crippen LogP contribution is -2.09. The van der Waals surface area contributed by atoms with Crippen molar-refractivity contribution in [3.8, 4) is 0 Å². The molecule has 0 bridgehead atoms. The number of benzene rings is 1. The SMILES string of the molecule is Cc1cccc(C(C)CON)c1C. The van der Waals surface area contributed by atoms with E-state index in [1.165, 1.54) is 16.7 Å². The molecule has 2 nitrogen and oxygen atoms in total. The predicted octanol–water partition coefficient (Wildman–Crippen LogP) is 2.30. The van der Waals surface area contributed by atoms with Crippen LogP contribution in [0.2, 0.25) is 0 Å². The van der Waals surface area contributed by atoms with Gasteiger partial charge in [0.1, 0.15) is 0 Å². The second-order valence-corrected chi connectivity index (χ2v) is 3.52. The summed E-state index contributed by atoms with van der Waals surface area (Å²) in [5.74, 6) is 5.42. The third kappa shape index (κ3) is 2.29. The highest BCUT2D eigenvalue weighted by Crippen LogP contribution is 2.21. The number of hydrogen-bond donors (Lipinski definition) is 1. The Morgan fingerprint density at radius 2 is 2.08 bits per heavy atom. The summed E-state index contributed by atoms with van der Waals surface area (Å²) in [7, 11) is 0. The molecule has 0 aliphatic heterocycles. The molecular weight excluding hydrogens is 162 g/mol. The average molecular weight is 179 g/mol. The van der Waals surface area contributed by atoms with E-state index in [1.807, 2.05) is 0 Å². The minimum Gasteiger partial charge on any atom is -0.304 e. The molecule has 1 aromatic carbocycles. The van der Waals surface area contributed by atoms with E-state index in [0.717, 1.165) is 0 Å². The molecule has 0 saturated heterocycles. The average Bonchev–Trinajstić information content (AvgIpc) is 2.10. The molecule has 0 aliphatic rings. The first-order valence-electron chi connectivity index (χ1n) is 4.54. The third-order valence-corrected chi connectivity index (χ3v) is 2.52. The highest BCUT2D eigenvalue weighted by molar-refractivity contribution is 5.35. The first-order chi connectivity index (χ1) is 6.16. The minimum atomic E-state index is 0.366. The van der Waals surface area contributed by atoms with Crippen molar-refractivity contribution in [1.82, 2.24) is 0 Å². The summed E-state index contributed by atoms with van der Waals surface area (Å²) in [6, 6.07) is 6.32. The molecule has 0 fully saturated rings. The zero-order chi connectivity index (χ0) is 9.84. The summed E-state index contributed by atoms with van der Waals surface area (Å²) >= 11 is 0. The molecule has 0 saturated carbocycles. The van der Waals surface area contributed by atoms with Gasteiger partial charge in [-0.3, -0.25) is 0 Å². The van der Waals surface area contributed by atoms with Gasteiger partial charge >= 0.3 is 0 Å². The fourth-order valence-electron chi connectivity index (χ4n) is 1.54. The van der Waals surface area contributed by atoms with Gasteiger partial charge in [0, 0.05) is 5.92 Å². The molecule has 1 aromatic rings. The Bertz CT molecular complexity index is 283. The van der Waals surface area contributed by atoms with Crippen LogP contribution < -0.4 is 5.90 Å². The van der Waals surface area contributed by atoms with Crippen LogP contribution in [-0.2, 0) is 4.84 Å². The second-order valence-electron chi connectivity index (χ2n) is 3.52. The van der Waals surface area contributed by atoms with Gasteiger partial charge in [0.25, 0.3) is 0 Å². The normalized spacial score (nSPS) is 12.9. The molecule has 72 valence electrons. The van der Waals surface area contributed by atoms with Crippen molar-refractivity contribution in [2.24, 2.45) is 5.90 Å². The van der Waals surface area contributed by atoms with Crippen LogP contribution in [0.5, 0.6) is 0 Å². The molecule has 2 N–H and O–H groups in total. The Morgan fingerprint density at radius 3 is 2.69 bits per heavy atom. The standard InChI is InChI=1S/C11H17NO/c1-8-5-4-6-11(10(8)3)9(2)7-13-12/h4-6,9H,7,12H2,1-3H3. The van der Waals surface area contributed by atoms with E-state index in [2.05, 4.69) is 43.8 Å². The van der Waals surface area contributed by atoms with Crippen molar-refractivity contribution < 1.29 is 4.84 Å². The third-order valence-electron chi connectivity index (χ3n) is 2.52. The topological polar surface area (TPSA) is 35.2 Å². The molecule has 0 heterocycles. The Hall–Kier alpha value is -0.860. The Balaban J connectivity index is 2.93. The van der Waals surface area contributed by atoms with Crippen molar-refractivity contribution in [2.45, 2.75) is 26.7 Å². The molecule has 0 radical (unpaired) electrons. The minimum absolute atomic E-state index is 0.366. The highest BCUT2D eigenvalue weighted by atomic mass is 16.6. The van der Waals surface area contributed by atoms with Gasteiger partial charge < -0.3 is 4.84 Å². The van der Waals surface area contributed by atoms with Crippen LogP contribution >= 0.6 is 0 Å². The smallest absolute Gasteiger partial charge is 0.0745 e. The Morgan fingerprint density at radius 1 is 1.38 bits per heavy atom. The van der Waals surface area contributed by atoms with Crippen molar-refractivity contribution >= 4 is 0 Å². The maximum atomic E-state index is 5.05. The predicted molar refractivity (Wildman–Crippen MR) is 54.5 cm³/mol. The maximum Gasteiger partial charge on any atom is 0.0745 e. The summed E-state index contributed by atoms with van der Waals surface area (Å²) in [6.45, 7) is 6.95. The quantitative estimate of drug-likeness (QED) is 0.722. The van der Waals surface area contributed by atoms with Gasteiger partial charge in [-0.1, -0.05) is 25.1 Å². The van der Waals surface area contributed by atoms with Gasteiger partial charge in [-0.15, -0.1) is 0 Å². The molecule has 0 amide bonds. The van der Waals surface area contributed by atoms with Crippen molar-refractivity contribution in [1.29, 1.82) is 0 Å². The van der Waals surface area contributed by atoms with E-state index in [4.69, 9.17) is 5.90 Å². The largest absolute Gasteiger partial charge is 0.304 e. The van der Waals surface area contributed by atoms with Crippen molar-refractivity contribution in [3.05, 3.63) is 34.9 Å². The molecule has 1 atom stereocenters. The monoisotopic (exact) mass is 179 g/mol. The van der Waals surface area contributed by atoms with E-state index in [0.29, 0.717) is 12.5 Å². The van der Waals surface area contributed by atoms with Crippen molar-refractivity contribution in [2.75, 3.05) is 6.61 Å². The summed E-state index contributed by atoms with van der Waals surface area (Å²) in [5, 5.41) is 0. The van der Waals surface area contributed by atoms with Crippen LogP contribution in [0.4, 0.5) is 0 Å². The van der Waals surface area contributed by atoms with Crippen LogP contribution in [0.15, 0.2) is 18.2 Å². The van der Waals surface area contributed by atoms with Crippen LogP contribution in [0.1, 0.15) is 29.5 Å².